The van der Waals surface area contributed by atoms with Gasteiger partial charge in [0, 0.05) is 6.42 Å². The van der Waals surface area contributed by atoms with Crippen LogP contribution >= 0.6 is 0 Å². The predicted octanol–water partition coefficient (Wildman–Crippen LogP) is 3.55. The number of aryl methyl sites for hydroxylation is 2. The van der Waals surface area contributed by atoms with Crippen LogP contribution in [0.15, 0.2) is 42.5 Å². The van der Waals surface area contributed by atoms with Crippen molar-refractivity contribution in [1.29, 1.82) is 0 Å². The molecule has 0 unspecified atom stereocenters. The third kappa shape index (κ3) is 3.66. The van der Waals surface area contributed by atoms with Crippen LogP contribution in [0.3, 0.4) is 0 Å². The SMILES string of the molecule is O=C(CCCC[C@@H](O)c1ccc2c(c1)CCc1ccccc1-2)NO. The number of aliphatic hydroxyl groups excluding tert-OH is 1. The summed E-state index contributed by atoms with van der Waals surface area (Å²) >= 11 is 0. The van der Waals surface area contributed by atoms with E-state index < -0.39 is 6.10 Å². The molecule has 24 heavy (non-hydrogen) atoms. The average molecular weight is 325 g/mol. The second-order valence-electron chi connectivity index (χ2n) is 6.37. The third-order valence-electron chi connectivity index (χ3n) is 4.74. The minimum atomic E-state index is -0.510. The van der Waals surface area contributed by atoms with Gasteiger partial charge < -0.3 is 5.11 Å². The normalized spacial score (nSPS) is 13.8. The molecule has 1 aliphatic carbocycles. The van der Waals surface area contributed by atoms with Crippen molar-refractivity contribution in [3.05, 3.63) is 59.2 Å². The fraction of sp³-hybridized carbons (Fsp3) is 0.350. The van der Waals surface area contributed by atoms with Crippen LogP contribution in [-0.2, 0) is 17.6 Å². The van der Waals surface area contributed by atoms with Crippen molar-refractivity contribution in [2.24, 2.45) is 0 Å². The summed E-state index contributed by atoms with van der Waals surface area (Å²) in [5.74, 6) is -0.378. The molecular formula is C20H23NO3. The first kappa shape index (κ1) is 16.7. The molecule has 1 amide bonds. The van der Waals surface area contributed by atoms with Crippen molar-refractivity contribution in [2.45, 2.75) is 44.6 Å². The Hall–Kier alpha value is -2.17. The summed E-state index contributed by atoms with van der Waals surface area (Å²) in [4.78, 5) is 11.0. The van der Waals surface area contributed by atoms with Crippen molar-refractivity contribution in [3.8, 4) is 11.1 Å². The van der Waals surface area contributed by atoms with Crippen LogP contribution in [0.2, 0.25) is 0 Å². The highest BCUT2D eigenvalue weighted by atomic mass is 16.5. The Kier molecular flexibility index (Phi) is 5.28. The van der Waals surface area contributed by atoms with Gasteiger partial charge in [0.2, 0.25) is 5.91 Å². The second kappa shape index (κ2) is 7.60. The molecule has 0 fully saturated rings. The molecule has 0 aliphatic heterocycles. The number of hydrogen-bond acceptors (Lipinski definition) is 3. The summed E-state index contributed by atoms with van der Waals surface area (Å²) in [6.45, 7) is 0. The van der Waals surface area contributed by atoms with Gasteiger partial charge in [-0.1, -0.05) is 48.9 Å². The predicted molar refractivity (Wildman–Crippen MR) is 92.6 cm³/mol. The van der Waals surface area contributed by atoms with Crippen molar-refractivity contribution < 1.29 is 15.1 Å². The highest BCUT2D eigenvalue weighted by Gasteiger charge is 2.17. The summed E-state index contributed by atoms with van der Waals surface area (Å²) in [6.07, 6.45) is 3.83. The van der Waals surface area contributed by atoms with Gasteiger partial charge in [-0.2, -0.15) is 0 Å². The molecule has 1 aliphatic rings. The van der Waals surface area contributed by atoms with Crippen molar-refractivity contribution in [3.63, 3.8) is 0 Å². The Labute approximate surface area is 142 Å². The monoisotopic (exact) mass is 325 g/mol. The first-order valence-corrected chi connectivity index (χ1v) is 8.51. The van der Waals surface area contributed by atoms with Gasteiger partial charge in [-0.25, -0.2) is 5.48 Å². The zero-order valence-corrected chi connectivity index (χ0v) is 13.7. The van der Waals surface area contributed by atoms with E-state index in [-0.39, 0.29) is 12.3 Å². The molecule has 0 saturated carbocycles. The molecule has 0 aromatic heterocycles. The van der Waals surface area contributed by atoms with Gasteiger partial charge in [0.15, 0.2) is 0 Å². The van der Waals surface area contributed by atoms with Crippen LogP contribution in [0.5, 0.6) is 0 Å². The Morgan fingerprint density at radius 3 is 2.62 bits per heavy atom. The van der Waals surface area contributed by atoms with Crippen LogP contribution in [0, 0.1) is 0 Å². The molecule has 0 saturated heterocycles. The molecule has 3 rings (SSSR count). The van der Waals surface area contributed by atoms with Gasteiger partial charge in [0.25, 0.3) is 0 Å². The number of amides is 1. The highest BCUT2D eigenvalue weighted by molar-refractivity contribution is 5.74. The lowest BCUT2D eigenvalue weighted by molar-refractivity contribution is -0.129. The van der Waals surface area contributed by atoms with E-state index in [0.29, 0.717) is 12.8 Å². The number of fused-ring (bicyclic) bond motifs is 3. The molecule has 2 aromatic rings. The molecule has 0 heterocycles. The largest absolute Gasteiger partial charge is 0.388 e. The Balaban J connectivity index is 1.65. The van der Waals surface area contributed by atoms with Gasteiger partial charge in [-0.15, -0.1) is 0 Å². The first-order valence-electron chi connectivity index (χ1n) is 8.51. The van der Waals surface area contributed by atoms with E-state index in [0.717, 1.165) is 24.8 Å². The molecular weight excluding hydrogens is 302 g/mol. The standard InChI is InChI=1S/C20H23NO3/c22-19(7-3-4-8-20(23)21-24)16-11-12-18-15(13-16)10-9-14-5-1-2-6-17(14)18/h1-2,5-6,11-13,19,22,24H,3-4,7-10H2,(H,21,23)/t19-/m1/s1. The summed E-state index contributed by atoms with van der Waals surface area (Å²) < 4.78 is 0. The van der Waals surface area contributed by atoms with E-state index in [1.54, 1.807) is 5.48 Å². The van der Waals surface area contributed by atoms with Crippen molar-refractivity contribution >= 4 is 5.91 Å². The lowest BCUT2D eigenvalue weighted by Crippen LogP contribution is -2.17. The maximum atomic E-state index is 11.0. The average Bonchev–Trinajstić information content (AvgIpc) is 2.64. The molecule has 0 radical (unpaired) electrons. The van der Waals surface area contributed by atoms with Crippen LogP contribution in [0.25, 0.3) is 11.1 Å². The topological polar surface area (TPSA) is 69.6 Å². The maximum absolute atomic E-state index is 11.0. The number of hydroxylamine groups is 1. The quantitative estimate of drug-likeness (QED) is 0.432. The van der Waals surface area contributed by atoms with E-state index in [4.69, 9.17) is 5.21 Å². The first-order chi connectivity index (χ1) is 11.7. The highest BCUT2D eigenvalue weighted by Crippen LogP contribution is 2.35. The molecule has 4 heteroatoms. The number of rotatable bonds is 6. The lowest BCUT2D eigenvalue weighted by Gasteiger charge is -2.21. The summed E-state index contributed by atoms with van der Waals surface area (Å²) in [7, 11) is 0. The van der Waals surface area contributed by atoms with Gasteiger partial charge >= 0.3 is 0 Å². The Bertz CT molecular complexity index is 727. The minimum Gasteiger partial charge on any atom is -0.388 e. The number of nitrogens with one attached hydrogen (secondary N) is 1. The summed E-state index contributed by atoms with van der Waals surface area (Å²) in [5, 5.41) is 18.8. The smallest absolute Gasteiger partial charge is 0.243 e. The number of aliphatic hydroxyl groups is 1. The van der Waals surface area contributed by atoms with Gasteiger partial charge in [-0.3, -0.25) is 10.0 Å². The van der Waals surface area contributed by atoms with Crippen LogP contribution in [0.1, 0.15) is 48.5 Å². The number of hydrogen-bond donors (Lipinski definition) is 3. The zero-order chi connectivity index (χ0) is 16.9. The molecule has 4 nitrogen and oxygen atoms in total. The fourth-order valence-electron chi connectivity index (χ4n) is 3.41. The van der Waals surface area contributed by atoms with Gasteiger partial charge in [0.05, 0.1) is 6.10 Å². The Morgan fingerprint density at radius 1 is 1.04 bits per heavy atom. The number of benzene rings is 2. The van der Waals surface area contributed by atoms with Crippen molar-refractivity contribution in [2.75, 3.05) is 0 Å². The van der Waals surface area contributed by atoms with Gasteiger partial charge in [0.1, 0.15) is 0 Å². The molecule has 0 spiro atoms. The van der Waals surface area contributed by atoms with Crippen molar-refractivity contribution in [1.82, 2.24) is 5.48 Å². The number of carbonyl (C=O) groups excluding carboxylic acids is 1. The maximum Gasteiger partial charge on any atom is 0.243 e. The van der Waals surface area contributed by atoms with Crippen LogP contribution in [0.4, 0.5) is 0 Å². The van der Waals surface area contributed by atoms with E-state index in [1.165, 1.54) is 22.3 Å². The molecule has 126 valence electrons. The number of carbonyl (C=O) groups is 1. The van der Waals surface area contributed by atoms with E-state index in [1.807, 2.05) is 6.07 Å². The lowest BCUT2D eigenvalue weighted by atomic mass is 9.84. The van der Waals surface area contributed by atoms with Gasteiger partial charge in [-0.05, 0) is 53.5 Å². The fourth-order valence-corrected chi connectivity index (χ4v) is 3.41. The number of unbranched alkanes of at least 4 members (excludes halogenated alkanes) is 1. The molecule has 0 bridgehead atoms. The van der Waals surface area contributed by atoms with E-state index in [9.17, 15) is 9.90 Å². The third-order valence-corrected chi connectivity index (χ3v) is 4.74. The molecule has 1 atom stereocenters. The summed E-state index contributed by atoms with van der Waals surface area (Å²) in [6, 6.07) is 14.7. The minimum absolute atomic E-state index is 0.282. The van der Waals surface area contributed by atoms with Crippen LogP contribution in [-0.4, -0.2) is 16.2 Å². The van der Waals surface area contributed by atoms with E-state index in [2.05, 4.69) is 36.4 Å². The molecule has 3 N–H and O–H groups in total. The molecule has 2 aromatic carbocycles. The summed E-state index contributed by atoms with van der Waals surface area (Å²) in [5.41, 5.74) is 7.83. The van der Waals surface area contributed by atoms with E-state index >= 15 is 0 Å². The second-order valence-corrected chi connectivity index (χ2v) is 6.37. The Morgan fingerprint density at radius 2 is 1.79 bits per heavy atom. The van der Waals surface area contributed by atoms with Crippen LogP contribution < -0.4 is 5.48 Å². The zero-order valence-electron chi connectivity index (χ0n) is 13.7.